The summed E-state index contributed by atoms with van der Waals surface area (Å²) >= 11 is 0. The first-order valence-corrected chi connectivity index (χ1v) is 5.91. The van der Waals surface area contributed by atoms with E-state index in [1.165, 1.54) is 12.1 Å². The lowest BCUT2D eigenvalue weighted by atomic mass is 10.2. The number of hydrogen-bond acceptors (Lipinski definition) is 4. The fourth-order valence-corrected chi connectivity index (χ4v) is 1.62. The minimum absolute atomic E-state index is 0.201. The zero-order valence-corrected chi connectivity index (χ0v) is 10.2. The van der Waals surface area contributed by atoms with E-state index in [-0.39, 0.29) is 5.56 Å². The number of aromatic carboxylic acids is 1. The van der Waals surface area contributed by atoms with Crippen LogP contribution in [0.2, 0.25) is 0 Å². The summed E-state index contributed by atoms with van der Waals surface area (Å²) < 4.78 is 10.8. The molecule has 96 valence electrons. The summed E-state index contributed by atoms with van der Waals surface area (Å²) in [7, 11) is 0. The second-order valence-electron chi connectivity index (χ2n) is 3.96. The van der Waals surface area contributed by atoms with E-state index in [0.717, 1.165) is 13.0 Å². The lowest BCUT2D eigenvalue weighted by molar-refractivity contribution is 0.0697. The maximum absolute atomic E-state index is 10.8. The highest BCUT2D eigenvalue weighted by Gasteiger charge is 2.09. The number of carboxylic acids is 1. The molecule has 0 unspecified atom stereocenters. The van der Waals surface area contributed by atoms with Crippen molar-refractivity contribution in [2.24, 2.45) is 0 Å². The summed E-state index contributed by atoms with van der Waals surface area (Å²) in [4.78, 5) is 15.1. The van der Waals surface area contributed by atoms with Crippen LogP contribution in [0.1, 0.15) is 29.6 Å². The zero-order chi connectivity index (χ0) is 13.0. The molecular weight excluding hydrogens is 234 g/mol. The summed E-state index contributed by atoms with van der Waals surface area (Å²) in [5.74, 6) is -0.398. The summed E-state index contributed by atoms with van der Waals surface area (Å²) in [5.41, 5.74) is 1.37. The van der Waals surface area contributed by atoms with Gasteiger partial charge in [-0.1, -0.05) is 6.92 Å². The van der Waals surface area contributed by atoms with Crippen LogP contribution in [-0.2, 0) is 11.2 Å². The first-order chi connectivity index (χ1) is 8.70. The molecule has 1 heterocycles. The van der Waals surface area contributed by atoms with Crippen molar-refractivity contribution in [2.75, 3.05) is 13.2 Å². The second kappa shape index (κ2) is 5.64. The van der Waals surface area contributed by atoms with E-state index in [1.54, 1.807) is 6.07 Å². The average Bonchev–Trinajstić information content (AvgIpc) is 2.76. The Labute approximate surface area is 104 Å². The van der Waals surface area contributed by atoms with E-state index >= 15 is 0 Å². The largest absolute Gasteiger partial charge is 0.478 e. The van der Waals surface area contributed by atoms with Gasteiger partial charge in [0.25, 0.3) is 0 Å². The third-order valence-electron chi connectivity index (χ3n) is 2.49. The van der Waals surface area contributed by atoms with Crippen molar-refractivity contribution >= 4 is 17.1 Å². The summed E-state index contributed by atoms with van der Waals surface area (Å²) in [5, 5.41) is 8.87. The Morgan fingerprint density at radius 1 is 1.44 bits per heavy atom. The molecule has 2 rings (SSSR count). The van der Waals surface area contributed by atoms with Crippen molar-refractivity contribution in [3.63, 3.8) is 0 Å². The van der Waals surface area contributed by atoms with Gasteiger partial charge in [-0.3, -0.25) is 0 Å². The first-order valence-electron chi connectivity index (χ1n) is 5.91. The number of oxazole rings is 1. The van der Waals surface area contributed by atoms with E-state index in [9.17, 15) is 4.79 Å². The van der Waals surface area contributed by atoms with Crippen LogP contribution < -0.4 is 0 Å². The van der Waals surface area contributed by atoms with Crippen LogP contribution in [0.3, 0.4) is 0 Å². The van der Waals surface area contributed by atoms with Crippen LogP contribution in [0.25, 0.3) is 11.1 Å². The second-order valence-corrected chi connectivity index (χ2v) is 3.96. The molecule has 1 N–H and O–H groups in total. The minimum Gasteiger partial charge on any atom is -0.478 e. The lowest BCUT2D eigenvalue weighted by Gasteiger charge is -1.98. The standard InChI is InChI=1S/C13H15NO4/c1-2-6-17-7-5-12-14-10-4-3-9(13(15)16)8-11(10)18-12/h3-4,8H,2,5-7H2,1H3,(H,15,16). The number of hydrogen-bond donors (Lipinski definition) is 1. The van der Waals surface area contributed by atoms with Gasteiger partial charge in [-0.2, -0.15) is 0 Å². The molecule has 2 aromatic rings. The van der Waals surface area contributed by atoms with Crippen LogP contribution in [0.4, 0.5) is 0 Å². The Kier molecular flexibility index (Phi) is 3.94. The maximum Gasteiger partial charge on any atom is 0.335 e. The van der Waals surface area contributed by atoms with Crippen LogP contribution in [0.15, 0.2) is 22.6 Å². The molecule has 0 amide bonds. The summed E-state index contributed by atoms with van der Waals surface area (Å²) in [6.07, 6.45) is 1.58. The molecule has 0 fully saturated rings. The molecule has 0 aliphatic carbocycles. The van der Waals surface area contributed by atoms with Gasteiger partial charge in [0.15, 0.2) is 11.5 Å². The van der Waals surface area contributed by atoms with Crippen molar-refractivity contribution < 1.29 is 19.1 Å². The fourth-order valence-electron chi connectivity index (χ4n) is 1.62. The smallest absolute Gasteiger partial charge is 0.335 e. The Hall–Kier alpha value is -1.88. The van der Waals surface area contributed by atoms with E-state index in [4.69, 9.17) is 14.3 Å². The topological polar surface area (TPSA) is 72.6 Å². The predicted octanol–water partition coefficient (Wildman–Crippen LogP) is 2.50. The van der Waals surface area contributed by atoms with E-state index < -0.39 is 5.97 Å². The van der Waals surface area contributed by atoms with Gasteiger partial charge in [-0.15, -0.1) is 0 Å². The number of carboxylic acid groups (broad SMARTS) is 1. The number of nitrogens with zero attached hydrogens (tertiary/aromatic N) is 1. The van der Waals surface area contributed by atoms with Crippen molar-refractivity contribution in [3.05, 3.63) is 29.7 Å². The molecule has 0 saturated carbocycles. The molecule has 0 aliphatic rings. The Morgan fingerprint density at radius 3 is 3.00 bits per heavy atom. The van der Waals surface area contributed by atoms with E-state index in [0.29, 0.717) is 30.0 Å². The number of rotatable bonds is 6. The van der Waals surface area contributed by atoms with E-state index in [2.05, 4.69) is 4.98 Å². The Balaban J connectivity index is 2.09. The third-order valence-corrected chi connectivity index (χ3v) is 2.49. The number of ether oxygens (including phenoxy) is 1. The van der Waals surface area contributed by atoms with Crippen LogP contribution in [-0.4, -0.2) is 29.3 Å². The van der Waals surface area contributed by atoms with Gasteiger partial charge in [0.1, 0.15) is 5.52 Å². The number of aromatic nitrogens is 1. The van der Waals surface area contributed by atoms with Crippen molar-refractivity contribution in [3.8, 4) is 0 Å². The molecule has 0 spiro atoms. The van der Waals surface area contributed by atoms with Gasteiger partial charge in [-0.05, 0) is 24.6 Å². The molecular formula is C13H15NO4. The summed E-state index contributed by atoms with van der Waals surface area (Å²) in [6, 6.07) is 4.66. The normalized spacial score (nSPS) is 10.9. The van der Waals surface area contributed by atoms with Gasteiger partial charge in [0.05, 0.1) is 12.2 Å². The molecule has 5 nitrogen and oxygen atoms in total. The van der Waals surface area contributed by atoms with Crippen molar-refractivity contribution in [2.45, 2.75) is 19.8 Å². The zero-order valence-electron chi connectivity index (χ0n) is 10.2. The summed E-state index contributed by atoms with van der Waals surface area (Å²) in [6.45, 7) is 3.34. The molecule has 0 aliphatic heterocycles. The average molecular weight is 249 g/mol. The molecule has 0 atom stereocenters. The SMILES string of the molecule is CCCOCCc1nc2ccc(C(=O)O)cc2o1. The molecule has 18 heavy (non-hydrogen) atoms. The monoisotopic (exact) mass is 249 g/mol. The maximum atomic E-state index is 10.8. The molecule has 0 radical (unpaired) electrons. The van der Waals surface area contributed by atoms with Crippen LogP contribution in [0.5, 0.6) is 0 Å². The van der Waals surface area contributed by atoms with Crippen molar-refractivity contribution in [1.82, 2.24) is 4.98 Å². The van der Waals surface area contributed by atoms with Gasteiger partial charge < -0.3 is 14.3 Å². The highest BCUT2D eigenvalue weighted by atomic mass is 16.5. The fraction of sp³-hybridized carbons (Fsp3) is 0.385. The molecule has 1 aromatic carbocycles. The lowest BCUT2D eigenvalue weighted by Crippen LogP contribution is -1.99. The van der Waals surface area contributed by atoms with Crippen molar-refractivity contribution in [1.29, 1.82) is 0 Å². The molecule has 1 aromatic heterocycles. The van der Waals surface area contributed by atoms with Gasteiger partial charge >= 0.3 is 5.97 Å². The minimum atomic E-state index is -0.971. The predicted molar refractivity (Wildman–Crippen MR) is 65.8 cm³/mol. The van der Waals surface area contributed by atoms with Crippen LogP contribution in [0, 0.1) is 0 Å². The number of benzene rings is 1. The third kappa shape index (κ3) is 2.87. The van der Waals surface area contributed by atoms with E-state index in [1.807, 2.05) is 6.92 Å². The quantitative estimate of drug-likeness (QED) is 0.796. The van der Waals surface area contributed by atoms with Gasteiger partial charge in [0.2, 0.25) is 0 Å². The Morgan fingerprint density at radius 2 is 2.28 bits per heavy atom. The molecule has 0 saturated heterocycles. The van der Waals surface area contributed by atoms with Crippen LogP contribution >= 0.6 is 0 Å². The molecule has 5 heteroatoms. The Bertz CT molecular complexity index is 547. The van der Waals surface area contributed by atoms with Gasteiger partial charge in [-0.25, -0.2) is 9.78 Å². The molecule has 0 bridgehead atoms. The highest BCUT2D eigenvalue weighted by molar-refractivity contribution is 5.91. The first kappa shape index (κ1) is 12.6. The number of fused-ring (bicyclic) bond motifs is 1. The highest BCUT2D eigenvalue weighted by Crippen LogP contribution is 2.17. The van der Waals surface area contributed by atoms with Gasteiger partial charge in [0, 0.05) is 13.0 Å². The number of carbonyl (C=O) groups is 1.